The Bertz CT molecular complexity index is 1040. The number of nitrogens with zero attached hydrogens (tertiary/aromatic N) is 2. The summed E-state index contributed by atoms with van der Waals surface area (Å²) in [7, 11) is 0. The van der Waals surface area contributed by atoms with Gasteiger partial charge >= 0.3 is 0 Å². The van der Waals surface area contributed by atoms with Crippen LogP contribution in [-0.4, -0.2) is 15.2 Å². The van der Waals surface area contributed by atoms with Crippen LogP contribution in [0.15, 0.2) is 66.9 Å². The number of hydrogen-bond acceptors (Lipinski definition) is 3. The van der Waals surface area contributed by atoms with E-state index < -0.39 is 0 Å². The van der Waals surface area contributed by atoms with Crippen LogP contribution in [0.5, 0.6) is 0 Å². The van der Waals surface area contributed by atoms with Crippen molar-refractivity contribution in [2.75, 3.05) is 5.32 Å². The molecule has 0 saturated carbocycles. The summed E-state index contributed by atoms with van der Waals surface area (Å²) in [4.78, 5) is 4.28. The SMILES string of the molecule is Fc1ccc(CNc2ccc3[nH]nc(/C=C/c4ccccn4)c3c2)cc1. The van der Waals surface area contributed by atoms with Crippen LogP contribution in [0.1, 0.15) is 17.0 Å². The third kappa shape index (κ3) is 3.62. The molecule has 2 heterocycles. The highest BCUT2D eigenvalue weighted by atomic mass is 19.1. The molecule has 0 spiro atoms. The molecule has 2 aromatic heterocycles. The number of H-pyrrole nitrogens is 1. The molecule has 5 heteroatoms. The maximum Gasteiger partial charge on any atom is 0.123 e. The summed E-state index contributed by atoms with van der Waals surface area (Å²) in [5.41, 5.74) is 4.72. The standard InChI is InChI=1S/C21H17FN4/c22-16-6-4-15(5-7-16)14-24-18-9-11-21-19(13-18)20(25-26-21)10-8-17-3-1-2-12-23-17/h1-13,24H,14H2,(H,25,26)/b10-8+. The second-order valence-corrected chi connectivity index (χ2v) is 5.94. The third-order valence-corrected chi connectivity index (χ3v) is 4.10. The first kappa shape index (κ1) is 16.0. The highest BCUT2D eigenvalue weighted by Gasteiger charge is 2.04. The van der Waals surface area contributed by atoms with Gasteiger partial charge in [-0.3, -0.25) is 10.1 Å². The number of hydrogen-bond donors (Lipinski definition) is 2. The zero-order chi connectivity index (χ0) is 17.8. The van der Waals surface area contributed by atoms with Gasteiger partial charge in [0.25, 0.3) is 0 Å². The summed E-state index contributed by atoms with van der Waals surface area (Å²) >= 11 is 0. The van der Waals surface area contributed by atoms with Gasteiger partial charge in [-0.25, -0.2) is 4.39 Å². The van der Waals surface area contributed by atoms with Crippen LogP contribution in [0.25, 0.3) is 23.1 Å². The van der Waals surface area contributed by atoms with E-state index in [2.05, 4.69) is 26.6 Å². The van der Waals surface area contributed by atoms with Crippen molar-refractivity contribution >= 4 is 28.7 Å². The second kappa shape index (κ2) is 7.19. The van der Waals surface area contributed by atoms with E-state index in [0.717, 1.165) is 33.5 Å². The summed E-state index contributed by atoms with van der Waals surface area (Å²) in [5, 5.41) is 11.8. The molecule has 4 nitrogen and oxygen atoms in total. The molecule has 4 aromatic rings. The topological polar surface area (TPSA) is 53.6 Å². The largest absolute Gasteiger partial charge is 0.381 e. The van der Waals surface area contributed by atoms with Crippen LogP contribution in [0.2, 0.25) is 0 Å². The Morgan fingerprint density at radius 1 is 1.00 bits per heavy atom. The van der Waals surface area contributed by atoms with Crippen LogP contribution in [-0.2, 0) is 6.54 Å². The number of benzene rings is 2. The molecule has 0 atom stereocenters. The van der Waals surface area contributed by atoms with Gasteiger partial charge in [0, 0.05) is 23.8 Å². The lowest BCUT2D eigenvalue weighted by Crippen LogP contribution is -1.99. The van der Waals surface area contributed by atoms with Gasteiger partial charge in [0.05, 0.1) is 16.9 Å². The lowest BCUT2D eigenvalue weighted by atomic mass is 10.1. The van der Waals surface area contributed by atoms with Gasteiger partial charge in [0.2, 0.25) is 0 Å². The number of rotatable bonds is 5. The van der Waals surface area contributed by atoms with Crippen molar-refractivity contribution in [2.24, 2.45) is 0 Å². The lowest BCUT2D eigenvalue weighted by molar-refractivity contribution is 0.627. The molecule has 0 aliphatic carbocycles. The summed E-state index contributed by atoms with van der Waals surface area (Å²) < 4.78 is 13.0. The summed E-state index contributed by atoms with van der Waals surface area (Å²) in [5.74, 6) is -0.224. The Labute approximate surface area is 150 Å². The molecular formula is C21H17FN4. The number of anilines is 1. The fourth-order valence-corrected chi connectivity index (χ4v) is 2.72. The molecule has 0 radical (unpaired) electrons. The van der Waals surface area contributed by atoms with E-state index in [1.807, 2.05) is 42.5 Å². The zero-order valence-electron chi connectivity index (χ0n) is 14.0. The number of pyridine rings is 1. The summed E-state index contributed by atoms with van der Waals surface area (Å²) in [6.45, 7) is 0.628. The first-order valence-corrected chi connectivity index (χ1v) is 8.33. The van der Waals surface area contributed by atoms with Crippen LogP contribution in [0.3, 0.4) is 0 Å². The van der Waals surface area contributed by atoms with Crippen molar-refractivity contribution in [1.82, 2.24) is 15.2 Å². The molecule has 0 unspecified atom stereocenters. The molecule has 0 saturated heterocycles. The lowest BCUT2D eigenvalue weighted by Gasteiger charge is -2.07. The van der Waals surface area contributed by atoms with Gasteiger partial charge < -0.3 is 5.32 Å². The van der Waals surface area contributed by atoms with E-state index in [1.165, 1.54) is 12.1 Å². The number of aromatic amines is 1. The normalized spacial score (nSPS) is 11.3. The first-order chi connectivity index (χ1) is 12.8. The molecule has 2 N–H and O–H groups in total. The molecule has 0 fully saturated rings. The molecule has 128 valence electrons. The summed E-state index contributed by atoms with van der Waals surface area (Å²) in [6.07, 6.45) is 5.65. The van der Waals surface area contributed by atoms with E-state index in [4.69, 9.17) is 0 Å². The molecule has 0 bridgehead atoms. The minimum absolute atomic E-state index is 0.224. The van der Waals surface area contributed by atoms with E-state index in [-0.39, 0.29) is 5.82 Å². The van der Waals surface area contributed by atoms with Gasteiger partial charge in [0.15, 0.2) is 0 Å². The minimum Gasteiger partial charge on any atom is -0.381 e. The fraction of sp³-hybridized carbons (Fsp3) is 0.0476. The fourth-order valence-electron chi connectivity index (χ4n) is 2.72. The minimum atomic E-state index is -0.224. The van der Waals surface area contributed by atoms with Gasteiger partial charge in [-0.2, -0.15) is 5.10 Å². The van der Waals surface area contributed by atoms with E-state index in [9.17, 15) is 4.39 Å². The molecule has 0 amide bonds. The average molecular weight is 344 g/mol. The Hall–Kier alpha value is -3.47. The third-order valence-electron chi connectivity index (χ3n) is 4.10. The molecule has 2 aromatic carbocycles. The van der Waals surface area contributed by atoms with Gasteiger partial charge in [-0.05, 0) is 60.2 Å². The average Bonchev–Trinajstić information content (AvgIpc) is 3.09. The maximum atomic E-state index is 13.0. The van der Waals surface area contributed by atoms with E-state index >= 15 is 0 Å². The van der Waals surface area contributed by atoms with Crippen molar-refractivity contribution in [3.05, 3.63) is 89.6 Å². The predicted octanol–water partition coefficient (Wildman–Crippen LogP) is 4.88. The number of nitrogens with one attached hydrogen (secondary N) is 2. The van der Waals surface area contributed by atoms with Crippen molar-refractivity contribution in [3.8, 4) is 0 Å². The quantitative estimate of drug-likeness (QED) is 0.542. The Morgan fingerprint density at radius 2 is 1.88 bits per heavy atom. The molecular weight excluding hydrogens is 327 g/mol. The predicted molar refractivity (Wildman–Crippen MR) is 103 cm³/mol. The van der Waals surface area contributed by atoms with Crippen LogP contribution in [0, 0.1) is 5.82 Å². The van der Waals surface area contributed by atoms with Gasteiger partial charge in [-0.15, -0.1) is 0 Å². The maximum absolute atomic E-state index is 13.0. The Morgan fingerprint density at radius 3 is 2.69 bits per heavy atom. The molecule has 0 aliphatic heterocycles. The van der Waals surface area contributed by atoms with Crippen LogP contribution in [0.4, 0.5) is 10.1 Å². The molecule has 26 heavy (non-hydrogen) atoms. The number of halogens is 1. The van der Waals surface area contributed by atoms with Crippen molar-refractivity contribution in [2.45, 2.75) is 6.54 Å². The van der Waals surface area contributed by atoms with Crippen molar-refractivity contribution in [1.29, 1.82) is 0 Å². The first-order valence-electron chi connectivity index (χ1n) is 8.33. The zero-order valence-corrected chi connectivity index (χ0v) is 14.0. The van der Waals surface area contributed by atoms with Gasteiger partial charge in [0.1, 0.15) is 5.82 Å². The number of fused-ring (bicyclic) bond motifs is 1. The Balaban J connectivity index is 1.54. The van der Waals surface area contributed by atoms with Crippen molar-refractivity contribution in [3.63, 3.8) is 0 Å². The van der Waals surface area contributed by atoms with Crippen molar-refractivity contribution < 1.29 is 4.39 Å². The molecule has 0 aliphatic rings. The Kier molecular flexibility index (Phi) is 4.43. The highest BCUT2D eigenvalue weighted by Crippen LogP contribution is 2.22. The van der Waals surface area contributed by atoms with E-state index in [1.54, 1.807) is 18.3 Å². The van der Waals surface area contributed by atoms with E-state index in [0.29, 0.717) is 6.54 Å². The number of aromatic nitrogens is 3. The van der Waals surface area contributed by atoms with Crippen LogP contribution < -0.4 is 5.32 Å². The monoisotopic (exact) mass is 344 g/mol. The highest BCUT2D eigenvalue weighted by molar-refractivity contribution is 5.91. The van der Waals surface area contributed by atoms with Gasteiger partial charge in [-0.1, -0.05) is 18.2 Å². The summed E-state index contributed by atoms with van der Waals surface area (Å²) in [6, 6.07) is 18.3. The second-order valence-electron chi connectivity index (χ2n) is 5.94. The smallest absolute Gasteiger partial charge is 0.123 e. The molecule has 4 rings (SSSR count). The van der Waals surface area contributed by atoms with Crippen LogP contribution >= 0.6 is 0 Å².